The third kappa shape index (κ3) is 4.33. The molecule has 136 valence electrons. The molecular formula is C22H20N2O3. The summed E-state index contributed by atoms with van der Waals surface area (Å²) in [7, 11) is 1.54. The lowest BCUT2D eigenvalue weighted by Gasteiger charge is -2.12. The Morgan fingerprint density at radius 1 is 0.778 bits per heavy atom. The van der Waals surface area contributed by atoms with Gasteiger partial charge in [-0.25, -0.2) is 0 Å². The molecule has 3 aromatic carbocycles. The average molecular weight is 360 g/mol. The number of benzene rings is 3. The van der Waals surface area contributed by atoms with Gasteiger partial charge in [0.25, 0.3) is 11.8 Å². The Bertz CT molecular complexity index is 968. The second-order valence-electron chi connectivity index (χ2n) is 6.01. The molecule has 0 aliphatic carbocycles. The highest BCUT2D eigenvalue weighted by Gasteiger charge is 2.14. The van der Waals surface area contributed by atoms with Crippen LogP contribution >= 0.6 is 0 Å². The number of amides is 2. The first kappa shape index (κ1) is 18.2. The van der Waals surface area contributed by atoms with Gasteiger partial charge in [-0.1, -0.05) is 36.4 Å². The molecule has 0 radical (unpaired) electrons. The van der Waals surface area contributed by atoms with Crippen LogP contribution in [0.2, 0.25) is 0 Å². The van der Waals surface area contributed by atoms with Crippen LogP contribution in [0.1, 0.15) is 26.3 Å². The normalized spacial score (nSPS) is 10.1. The molecule has 0 atom stereocenters. The number of rotatable bonds is 5. The van der Waals surface area contributed by atoms with E-state index in [1.165, 1.54) is 0 Å². The van der Waals surface area contributed by atoms with E-state index in [4.69, 9.17) is 4.74 Å². The van der Waals surface area contributed by atoms with Crippen LogP contribution in [-0.4, -0.2) is 18.9 Å². The van der Waals surface area contributed by atoms with E-state index in [0.29, 0.717) is 28.3 Å². The van der Waals surface area contributed by atoms with Crippen LogP contribution in [0.25, 0.3) is 0 Å². The highest BCUT2D eigenvalue weighted by Crippen LogP contribution is 2.24. The first-order valence-electron chi connectivity index (χ1n) is 8.50. The molecule has 2 amide bonds. The van der Waals surface area contributed by atoms with E-state index in [2.05, 4.69) is 10.6 Å². The monoisotopic (exact) mass is 360 g/mol. The maximum atomic E-state index is 12.6. The third-order valence-corrected chi connectivity index (χ3v) is 4.07. The zero-order valence-electron chi connectivity index (χ0n) is 15.2. The number of para-hydroxylation sites is 1. The second kappa shape index (κ2) is 8.19. The molecule has 0 bridgehead atoms. The van der Waals surface area contributed by atoms with Crippen LogP contribution in [0.5, 0.6) is 5.75 Å². The summed E-state index contributed by atoms with van der Waals surface area (Å²) >= 11 is 0. The summed E-state index contributed by atoms with van der Waals surface area (Å²) in [6, 6.07) is 21.4. The van der Waals surface area contributed by atoms with Crippen LogP contribution < -0.4 is 15.4 Å². The van der Waals surface area contributed by atoms with E-state index >= 15 is 0 Å². The van der Waals surface area contributed by atoms with Crippen molar-refractivity contribution in [3.05, 3.63) is 89.5 Å². The van der Waals surface area contributed by atoms with Crippen LogP contribution in [0.4, 0.5) is 11.4 Å². The van der Waals surface area contributed by atoms with Gasteiger partial charge in [-0.05, 0) is 48.9 Å². The molecule has 5 heteroatoms. The molecule has 0 spiro atoms. The molecule has 0 aliphatic rings. The first-order valence-corrected chi connectivity index (χ1v) is 8.50. The van der Waals surface area contributed by atoms with Crippen molar-refractivity contribution in [1.29, 1.82) is 0 Å². The molecular weight excluding hydrogens is 340 g/mol. The van der Waals surface area contributed by atoms with Gasteiger partial charge < -0.3 is 15.4 Å². The quantitative estimate of drug-likeness (QED) is 0.703. The van der Waals surface area contributed by atoms with Crippen LogP contribution in [-0.2, 0) is 0 Å². The molecule has 5 nitrogen and oxygen atoms in total. The fraction of sp³-hybridized carbons (Fsp3) is 0.0909. The minimum absolute atomic E-state index is 0.209. The summed E-state index contributed by atoms with van der Waals surface area (Å²) in [6.07, 6.45) is 0. The number of anilines is 2. The van der Waals surface area contributed by atoms with Crippen molar-refractivity contribution >= 4 is 23.2 Å². The van der Waals surface area contributed by atoms with Crippen LogP contribution in [0.15, 0.2) is 72.8 Å². The highest BCUT2D eigenvalue weighted by atomic mass is 16.5. The first-order chi connectivity index (χ1) is 13.1. The molecule has 0 saturated carbocycles. The lowest BCUT2D eigenvalue weighted by Crippen LogP contribution is -2.15. The van der Waals surface area contributed by atoms with E-state index in [9.17, 15) is 9.59 Å². The Morgan fingerprint density at radius 3 is 2.07 bits per heavy atom. The SMILES string of the molecule is COc1c(C)cccc1C(=O)Nc1cccc(NC(=O)c2ccccc2)c1. The van der Waals surface area contributed by atoms with E-state index in [-0.39, 0.29) is 11.8 Å². The van der Waals surface area contributed by atoms with Gasteiger partial charge in [0.05, 0.1) is 12.7 Å². The van der Waals surface area contributed by atoms with Gasteiger partial charge in [-0.3, -0.25) is 9.59 Å². The topological polar surface area (TPSA) is 67.4 Å². The van der Waals surface area contributed by atoms with Crippen LogP contribution in [0, 0.1) is 6.92 Å². The number of hydrogen-bond acceptors (Lipinski definition) is 3. The predicted molar refractivity (Wildman–Crippen MR) is 107 cm³/mol. The fourth-order valence-corrected chi connectivity index (χ4v) is 2.77. The summed E-state index contributed by atoms with van der Waals surface area (Å²) in [4.78, 5) is 24.9. The fourth-order valence-electron chi connectivity index (χ4n) is 2.77. The molecule has 3 aromatic rings. The average Bonchev–Trinajstić information content (AvgIpc) is 2.68. The second-order valence-corrected chi connectivity index (χ2v) is 6.01. The van der Waals surface area contributed by atoms with E-state index in [1.807, 2.05) is 25.1 Å². The molecule has 3 rings (SSSR count). The minimum atomic E-state index is -0.276. The zero-order valence-corrected chi connectivity index (χ0v) is 15.2. The molecule has 27 heavy (non-hydrogen) atoms. The van der Waals surface area contributed by atoms with Gasteiger partial charge in [0.15, 0.2) is 0 Å². The molecule has 0 heterocycles. The Morgan fingerprint density at radius 2 is 1.41 bits per heavy atom. The maximum Gasteiger partial charge on any atom is 0.259 e. The predicted octanol–water partition coefficient (Wildman–Crippen LogP) is 4.51. The molecule has 0 saturated heterocycles. The van der Waals surface area contributed by atoms with Crippen molar-refractivity contribution in [1.82, 2.24) is 0 Å². The molecule has 0 fully saturated rings. The Labute approximate surface area is 158 Å². The van der Waals surface area contributed by atoms with Crippen molar-refractivity contribution < 1.29 is 14.3 Å². The number of ether oxygens (including phenoxy) is 1. The van der Waals surface area contributed by atoms with Gasteiger partial charge in [-0.15, -0.1) is 0 Å². The van der Waals surface area contributed by atoms with Gasteiger partial charge in [0, 0.05) is 16.9 Å². The Hall–Kier alpha value is -3.60. The largest absolute Gasteiger partial charge is 0.496 e. The minimum Gasteiger partial charge on any atom is -0.496 e. The van der Waals surface area contributed by atoms with Crippen LogP contribution in [0.3, 0.4) is 0 Å². The Balaban J connectivity index is 1.75. The van der Waals surface area contributed by atoms with Gasteiger partial charge in [0.1, 0.15) is 5.75 Å². The number of carbonyl (C=O) groups excluding carboxylic acids is 2. The summed E-state index contributed by atoms with van der Waals surface area (Å²) in [5, 5.41) is 5.67. The molecule has 0 aromatic heterocycles. The third-order valence-electron chi connectivity index (χ3n) is 4.07. The molecule has 2 N–H and O–H groups in total. The van der Waals surface area contributed by atoms with Crippen molar-refractivity contribution in [3.63, 3.8) is 0 Å². The maximum absolute atomic E-state index is 12.6. The zero-order chi connectivity index (χ0) is 19.2. The number of nitrogens with one attached hydrogen (secondary N) is 2. The number of carbonyl (C=O) groups is 2. The van der Waals surface area contributed by atoms with Gasteiger partial charge in [-0.2, -0.15) is 0 Å². The smallest absolute Gasteiger partial charge is 0.259 e. The lowest BCUT2D eigenvalue weighted by molar-refractivity contribution is 0.101. The summed E-state index contributed by atoms with van der Waals surface area (Å²) in [5.41, 5.74) is 3.08. The van der Waals surface area contributed by atoms with Gasteiger partial charge in [0.2, 0.25) is 0 Å². The molecule has 0 unspecified atom stereocenters. The summed E-state index contributed by atoms with van der Waals surface area (Å²) < 4.78 is 5.34. The number of hydrogen-bond donors (Lipinski definition) is 2. The lowest BCUT2D eigenvalue weighted by atomic mass is 10.1. The Kier molecular flexibility index (Phi) is 5.52. The van der Waals surface area contributed by atoms with Crippen molar-refractivity contribution in [2.45, 2.75) is 6.92 Å². The van der Waals surface area contributed by atoms with E-state index in [0.717, 1.165) is 5.56 Å². The number of aryl methyl sites for hydroxylation is 1. The van der Waals surface area contributed by atoms with E-state index < -0.39 is 0 Å². The van der Waals surface area contributed by atoms with E-state index in [1.54, 1.807) is 61.7 Å². The molecule has 0 aliphatic heterocycles. The standard InChI is InChI=1S/C22H20N2O3/c1-15-8-6-13-19(20(15)27-2)22(26)24-18-12-7-11-17(14-18)23-21(25)16-9-4-3-5-10-16/h3-14H,1-2H3,(H,23,25)(H,24,26). The summed E-state index contributed by atoms with van der Waals surface area (Å²) in [5.74, 6) is 0.0602. The number of methoxy groups -OCH3 is 1. The van der Waals surface area contributed by atoms with Gasteiger partial charge >= 0.3 is 0 Å². The summed E-state index contributed by atoms with van der Waals surface area (Å²) in [6.45, 7) is 1.88. The van der Waals surface area contributed by atoms with Crippen molar-refractivity contribution in [3.8, 4) is 5.75 Å². The van der Waals surface area contributed by atoms with Crippen molar-refractivity contribution in [2.24, 2.45) is 0 Å². The highest BCUT2D eigenvalue weighted by molar-refractivity contribution is 6.07. The van der Waals surface area contributed by atoms with Crippen molar-refractivity contribution in [2.75, 3.05) is 17.7 Å².